The lowest BCUT2D eigenvalue weighted by Gasteiger charge is -2.47. The number of hydrogen-bond donors (Lipinski definition) is 1. The van der Waals surface area contributed by atoms with Crippen molar-refractivity contribution in [1.29, 1.82) is 0 Å². The van der Waals surface area contributed by atoms with Gasteiger partial charge in [-0.2, -0.15) is 0 Å². The van der Waals surface area contributed by atoms with Crippen LogP contribution in [-0.2, 0) is 0 Å². The van der Waals surface area contributed by atoms with Crippen LogP contribution in [0.4, 0.5) is 0 Å². The molecule has 90 valence electrons. The van der Waals surface area contributed by atoms with Crippen molar-refractivity contribution in [3.63, 3.8) is 0 Å². The van der Waals surface area contributed by atoms with E-state index in [1.54, 1.807) is 0 Å². The van der Waals surface area contributed by atoms with Crippen molar-refractivity contribution >= 4 is 0 Å². The highest BCUT2D eigenvalue weighted by molar-refractivity contribution is 5.28. The first-order valence-corrected chi connectivity index (χ1v) is 6.71. The Morgan fingerprint density at radius 2 is 2.06 bits per heavy atom. The number of likely N-dealkylation sites (tertiary alicyclic amines) is 1. The average Bonchev–Trinajstić information content (AvgIpc) is 2.98. The van der Waals surface area contributed by atoms with Gasteiger partial charge in [-0.05, 0) is 36.7 Å². The first kappa shape index (κ1) is 10.1. The van der Waals surface area contributed by atoms with Gasteiger partial charge in [0.05, 0.1) is 6.10 Å². The van der Waals surface area contributed by atoms with E-state index in [0.717, 1.165) is 12.3 Å². The summed E-state index contributed by atoms with van der Waals surface area (Å²) >= 11 is 0. The molecule has 3 aliphatic rings. The molecule has 2 saturated carbocycles. The zero-order valence-electron chi connectivity index (χ0n) is 10.2. The number of aliphatic hydroxyl groups excluding tert-OH is 1. The molecule has 3 fully saturated rings. The molecule has 1 heterocycles. The Morgan fingerprint density at radius 3 is 2.76 bits per heavy atom. The molecule has 2 nitrogen and oxygen atoms in total. The van der Waals surface area contributed by atoms with Crippen LogP contribution in [0.2, 0.25) is 0 Å². The molecule has 0 amide bonds. The Hall–Kier alpha value is -0.860. The third-order valence-electron chi connectivity index (χ3n) is 5.39. The van der Waals surface area contributed by atoms with Gasteiger partial charge in [0, 0.05) is 18.6 Å². The molecule has 5 atom stereocenters. The van der Waals surface area contributed by atoms with Gasteiger partial charge in [-0.1, -0.05) is 30.3 Å². The highest BCUT2D eigenvalue weighted by Gasteiger charge is 2.74. The van der Waals surface area contributed by atoms with Gasteiger partial charge in [0.1, 0.15) is 0 Å². The Kier molecular flexibility index (Phi) is 1.85. The van der Waals surface area contributed by atoms with Crippen molar-refractivity contribution in [2.75, 3.05) is 6.54 Å². The van der Waals surface area contributed by atoms with Crippen LogP contribution in [0.3, 0.4) is 0 Å². The third-order valence-corrected chi connectivity index (χ3v) is 5.39. The molecule has 2 heteroatoms. The first-order valence-electron chi connectivity index (χ1n) is 6.71. The van der Waals surface area contributed by atoms with Gasteiger partial charge in [-0.15, -0.1) is 0 Å². The molecule has 17 heavy (non-hydrogen) atoms. The van der Waals surface area contributed by atoms with Crippen LogP contribution in [0.15, 0.2) is 30.3 Å². The lowest BCUT2D eigenvalue weighted by Crippen LogP contribution is -2.55. The van der Waals surface area contributed by atoms with Crippen LogP contribution in [0, 0.1) is 11.3 Å². The molecule has 1 saturated heterocycles. The molecule has 1 spiro atoms. The standard InChI is InChI=1S/C15H19NO/c1-10(11-5-3-2-4-6-11)16-9-12-7-15(12)8-13(17)14(15)16/h2-6,10,12-14,17H,7-9H2,1H3/t10-,12?,13?,14?,15?/m1/s1. The van der Waals surface area contributed by atoms with E-state index in [2.05, 4.69) is 42.2 Å². The fourth-order valence-corrected chi connectivity index (χ4v) is 4.34. The maximum atomic E-state index is 10.0. The van der Waals surface area contributed by atoms with Crippen molar-refractivity contribution in [1.82, 2.24) is 4.90 Å². The van der Waals surface area contributed by atoms with Crippen LogP contribution < -0.4 is 0 Å². The van der Waals surface area contributed by atoms with Gasteiger partial charge in [0.25, 0.3) is 0 Å². The van der Waals surface area contributed by atoms with Gasteiger partial charge in [0.15, 0.2) is 0 Å². The Bertz CT molecular complexity index is 445. The van der Waals surface area contributed by atoms with Gasteiger partial charge in [-0.25, -0.2) is 0 Å². The lowest BCUT2D eigenvalue weighted by molar-refractivity contribution is -0.0687. The summed E-state index contributed by atoms with van der Waals surface area (Å²) in [7, 11) is 0. The number of hydrogen-bond acceptors (Lipinski definition) is 2. The summed E-state index contributed by atoms with van der Waals surface area (Å²) in [5, 5.41) is 10.0. The molecule has 4 unspecified atom stereocenters. The van der Waals surface area contributed by atoms with Gasteiger partial charge >= 0.3 is 0 Å². The zero-order valence-corrected chi connectivity index (χ0v) is 10.2. The van der Waals surface area contributed by atoms with E-state index < -0.39 is 0 Å². The molecule has 1 aliphatic heterocycles. The monoisotopic (exact) mass is 229 g/mol. The van der Waals surface area contributed by atoms with E-state index in [1.807, 2.05) is 0 Å². The largest absolute Gasteiger partial charge is 0.391 e. The predicted molar refractivity (Wildman–Crippen MR) is 66.5 cm³/mol. The minimum atomic E-state index is -0.0753. The quantitative estimate of drug-likeness (QED) is 0.840. The lowest BCUT2D eigenvalue weighted by atomic mass is 9.73. The normalized spacial score (nSPS) is 44.7. The van der Waals surface area contributed by atoms with E-state index in [9.17, 15) is 5.11 Å². The van der Waals surface area contributed by atoms with E-state index in [-0.39, 0.29) is 6.10 Å². The molecule has 1 aromatic carbocycles. The van der Waals surface area contributed by atoms with E-state index in [1.165, 1.54) is 18.5 Å². The fourth-order valence-electron chi connectivity index (χ4n) is 4.34. The van der Waals surface area contributed by atoms with Gasteiger partial charge < -0.3 is 5.11 Å². The van der Waals surface area contributed by atoms with Crippen molar-refractivity contribution in [3.05, 3.63) is 35.9 Å². The Balaban J connectivity index is 1.60. The molecule has 4 rings (SSSR count). The summed E-state index contributed by atoms with van der Waals surface area (Å²) < 4.78 is 0. The third kappa shape index (κ3) is 1.18. The number of piperidine rings is 1. The highest BCUT2D eigenvalue weighted by Crippen LogP contribution is 2.72. The number of nitrogens with zero attached hydrogens (tertiary/aromatic N) is 1. The molecular weight excluding hydrogens is 210 g/mol. The van der Waals surface area contributed by atoms with Crippen LogP contribution in [0.5, 0.6) is 0 Å². The molecule has 2 aliphatic carbocycles. The smallest absolute Gasteiger partial charge is 0.0707 e. The fraction of sp³-hybridized carbons (Fsp3) is 0.600. The van der Waals surface area contributed by atoms with E-state index in [4.69, 9.17) is 0 Å². The predicted octanol–water partition coefficient (Wildman–Crippen LogP) is 2.20. The zero-order chi connectivity index (χ0) is 11.6. The summed E-state index contributed by atoms with van der Waals surface area (Å²) in [6.07, 6.45) is 2.35. The van der Waals surface area contributed by atoms with Crippen LogP contribution in [-0.4, -0.2) is 28.7 Å². The molecule has 1 aromatic rings. The second-order valence-electron chi connectivity index (χ2n) is 6.13. The van der Waals surface area contributed by atoms with E-state index in [0.29, 0.717) is 17.5 Å². The summed E-state index contributed by atoms with van der Waals surface area (Å²) in [6.45, 7) is 3.47. The maximum Gasteiger partial charge on any atom is 0.0707 e. The van der Waals surface area contributed by atoms with Crippen LogP contribution in [0.1, 0.15) is 31.4 Å². The van der Waals surface area contributed by atoms with Crippen LogP contribution in [0.25, 0.3) is 0 Å². The minimum absolute atomic E-state index is 0.0753. The molecule has 0 bridgehead atoms. The average molecular weight is 229 g/mol. The van der Waals surface area contributed by atoms with Crippen molar-refractivity contribution in [2.24, 2.45) is 11.3 Å². The minimum Gasteiger partial charge on any atom is -0.391 e. The topological polar surface area (TPSA) is 23.5 Å². The number of aliphatic hydroxyl groups is 1. The van der Waals surface area contributed by atoms with E-state index >= 15 is 0 Å². The summed E-state index contributed by atoms with van der Waals surface area (Å²) in [4.78, 5) is 2.54. The second-order valence-corrected chi connectivity index (χ2v) is 6.13. The molecule has 0 radical (unpaired) electrons. The Morgan fingerprint density at radius 1 is 1.29 bits per heavy atom. The maximum absolute atomic E-state index is 10.0. The van der Waals surface area contributed by atoms with Gasteiger partial charge in [-0.3, -0.25) is 4.90 Å². The molecule has 1 N–H and O–H groups in total. The summed E-state index contributed by atoms with van der Waals surface area (Å²) in [6, 6.07) is 11.6. The SMILES string of the molecule is C[C@H](c1ccccc1)N1CC2CC23CC(O)C13. The van der Waals surface area contributed by atoms with Crippen molar-refractivity contribution in [2.45, 2.75) is 38.0 Å². The van der Waals surface area contributed by atoms with Crippen molar-refractivity contribution < 1.29 is 5.11 Å². The first-order chi connectivity index (χ1) is 8.22. The molecular formula is C15H19NO. The highest BCUT2D eigenvalue weighted by atomic mass is 16.3. The second kappa shape index (κ2) is 3.12. The molecule has 0 aromatic heterocycles. The van der Waals surface area contributed by atoms with Gasteiger partial charge in [0.2, 0.25) is 0 Å². The van der Waals surface area contributed by atoms with Crippen molar-refractivity contribution in [3.8, 4) is 0 Å². The number of rotatable bonds is 2. The van der Waals surface area contributed by atoms with Crippen LogP contribution >= 0.6 is 0 Å². The Labute approximate surface area is 102 Å². The number of benzene rings is 1. The summed E-state index contributed by atoms with van der Waals surface area (Å²) in [5.74, 6) is 0.877. The summed E-state index contributed by atoms with van der Waals surface area (Å²) in [5.41, 5.74) is 1.91.